The van der Waals surface area contributed by atoms with Crippen molar-refractivity contribution in [3.8, 4) is 55.6 Å². The number of benzene rings is 9. The third-order valence-electron chi connectivity index (χ3n) is 11.7. The molecule has 266 valence electrons. The maximum Gasteiger partial charge on any atom is 0.0540 e. The lowest BCUT2D eigenvalue weighted by atomic mass is 9.81. The van der Waals surface area contributed by atoms with E-state index in [2.05, 4.69) is 231 Å². The SMILES string of the molecule is CC1(C)c2cc(N(c3ccc(-c4ccc5ccccc5c4-c4ccccc4)cc3)c3ccccc3-c3ccccc3)ccc2-c2c(-c3ccccc3)cccc21. The Balaban J connectivity index is 1.15. The molecule has 0 fully saturated rings. The van der Waals surface area contributed by atoms with E-state index in [1.54, 1.807) is 0 Å². The summed E-state index contributed by atoms with van der Waals surface area (Å²) >= 11 is 0. The van der Waals surface area contributed by atoms with Gasteiger partial charge in [0.1, 0.15) is 0 Å². The zero-order valence-corrected chi connectivity index (χ0v) is 31.7. The van der Waals surface area contributed by atoms with Gasteiger partial charge in [-0.2, -0.15) is 0 Å². The molecule has 1 heteroatoms. The van der Waals surface area contributed by atoms with Crippen LogP contribution >= 0.6 is 0 Å². The fourth-order valence-electron chi connectivity index (χ4n) is 8.95. The maximum atomic E-state index is 2.45. The highest BCUT2D eigenvalue weighted by Crippen LogP contribution is 2.54. The monoisotopic (exact) mass is 715 g/mol. The molecule has 0 amide bonds. The molecule has 0 bridgehead atoms. The number of nitrogens with zero attached hydrogens (tertiary/aromatic N) is 1. The number of anilines is 3. The van der Waals surface area contributed by atoms with Crippen molar-refractivity contribution in [2.75, 3.05) is 4.90 Å². The molecular weight excluding hydrogens is 675 g/mol. The lowest BCUT2D eigenvalue weighted by Crippen LogP contribution is -2.17. The third-order valence-corrected chi connectivity index (χ3v) is 11.7. The minimum atomic E-state index is -0.177. The Hall–Kier alpha value is -6.96. The van der Waals surface area contributed by atoms with Gasteiger partial charge < -0.3 is 4.90 Å². The van der Waals surface area contributed by atoms with Crippen molar-refractivity contribution in [2.45, 2.75) is 19.3 Å². The molecule has 0 radical (unpaired) electrons. The molecule has 9 aromatic carbocycles. The Morgan fingerprint density at radius 3 is 1.61 bits per heavy atom. The molecule has 1 aliphatic carbocycles. The van der Waals surface area contributed by atoms with Crippen LogP contribution in [0, 0.1) is 0 Å². The van der Waals surface area contributed by atoms with E-state index < -0.39 is 0 Å². The molecule has 10 rings (SSSR count). The van der Waals surface area contributed by atoms with E-state index in [0.29, 0.717) is 0 Å². The molecule has 0 spiro atoms. The van der Waals surface area contributed by atoms with Gasteiger partial charge in [-0.05, 0) is 102 Å². The lowest BCUT2D eigenvalue weighted by molar-refractivity contribution is 0.660. The number of hydrogen-bond donors (Lipinski definition) is 0. The van der Waals surface area contributed by atoms with E-state index in [4.69, 9.17) is 0 Å². The van der Waals surface area contributed by atoms with Gasteiger partial charge in [0.05, 0.1) is 5.69 Å². The smallest absolute Gasteiger partial charge is 0.0540 e. The maximum absolute atomic E-state index is 2.45. The lowest BCUT2D eigenvalue weighted by Gasteiger charge is -2.30. The van der Waals surface area contributed by atoms with Gasteiger partial charge in [0.15, 0.2) is 0 Å². The van der Waals surface area contributed by atoms with Gasteiger partial charge in [-0.3, -0.25) is 0 Å². The summed E-state index contributed by atoms with van der Waals surface area (Å²) in [7, 11) is 0. The normalized spacial score (nSPS) is 12.6. The van der Waals surface area contributed by atoms with Gasteiger partial charge in [0.25, 0.3) is 0 Å². The molecule has 0 heterocycles. The average Bonchev–Trinajstić information content (AvgIpc) is 3.50. The van der Waals surface area contributed by atoms with Gasteiger partial charge in [0, 0.05) is 22.4 Å². The fraction of sp³-hybridized carbons (Fsp3) is 0.0545. The van der Waals surface area contributed by atoms with E-state index in [1.165, 1.54) is 77.5 Å². The topological polar surface area (TPSA) is 3.24 Å². The van der Waals surface area contributed by atoms with E-state index in [0.717, 1.165) is 17.1 Å². The van der Waals surface area contributed by atoms with E-state index in [-0.39, 0.29) is 5.41 Å². The summed E-state index contributed by atoms with van der Waals surface area (Å²) < 4.78 is 0. The van der Waals surface area contributed by atoms with E-state index >= 15 is 0 Å². The van der Waals surface area contributed by atoms with Crippen molar-refractivity contribution in [1.82, 2.24) is 0 Å². The van der Waals surface area contributed by atoms with Crippen LogP contribution in [0.3, 0.4) is 0 Å². The van der Waals surface area contributed by atoms with Gasteiger partial charge in [-0.15, -0.1) is 0 Å². The summed E-state index contributed by atoms with van der Waals surface area (Å²) in [5, 5.41) is 2.50. The number of rotatable bonds is 7. The van der Waals surface area contributed by atoms with Crippen LogP contribution in [0.5, 0.6) is 0 Å². The second-order valence-corrected chi connectivity index (χ2v) is 15.3. The van der Waals surface area contributed by atoms with Crippen LogP contribution in [-0.4, -0.2) is 0 Å². The molecule has 0 aromatic heterocycles. The molecule has 1 nitrogen and oxygen atoms in total. The predicted octanol–water partition coefficient (Wildman–Crippen LogP) is 15.3. The Morgan fingerprint density at radius 2 is 0.875 bits per heavy atom. The second-order valence-electron chi connectivity index (χ2n) is 15.3. The quantitative estimate of drug-likeness (QED) is 0.159. The molecule has 0 N–H and O–H groups in total. The first-order chi connectivity index (χ1) is 27.6. The molecule has 0 saturated heterocycles. The minimum absolute atomic E-state index is 0.177. The van der Waals surface area contributed by atoms with Gasteiger partial charge in [0.2, 0.25) is 0 Å². The third kappa shape index (κ3) is 5.63. The van der Waals surface area contributed by atoms with Crippen molar-refractivity contribution in [1.29, 1.82) is 0 Å². The number of para-hydroxylation sites is 1. The van der Waals surface area contributed by atoms with Crippen LogP contribution in [0.25, 0.3) is 66.4 Å². The molecule has 0 aliphatic heterocycles. The van der Waals surface area contributed by atoms with Crippen LogP contribution in [0.15, 0.2) is 212 Å². The Bertz CT molecular complexity index is 2850. The molecule has 0 saturated carbocycles. The summed E-state index contributed by atoms with van der Waals surface area (Å²) in [6.45, 7) is 4.75. The first-order valence-corrected chi connectivity index (χ1v) is 19.5. The van der Waals surface area contributed by atoms with Gasteiger partial charge in [-0.1, -0.05) is 196 Å². The summed E-state index contributed by atoms with van der Waals surface area (Å²) in [5.41, 5.74) is 18.4. The summed E-state index contributed by atoms with van der Waals surface area (Å²) in [6, 6.07) is 77.5. The molecular formula is C55H41N. The van der Waals surface area contributed by atoms with E-state index in [9.17, 15) is 0 Å². The van der Waals surface area contributed by atoms with Crippen molar-refractivity contribution >= 4 is 27.8 Å². The number of hydrogen-bond acceptors (Lipinski definition) is 1. The van der Waals surface area contributed by atoms with Crippen molar-refractivity contribution in [2.24, 2.45) is 0 Å². The Labute approximate surface area is 329 Å². The Kier molecular flexibility index (Phi) is 8.23. The average molecular weight is 716 g/mol. The van der Waals surface area contributed by atoms with Crippen LogP contribution < -0.4 is 4.90 Å². The molecule has 0 unspecified atom stereocenters. The van der Waals surface area contributed by atoms with Crippen LogP contribution in [0.1, 0.15) is 25.0 Å². The van der Waals surface area contributed by atoms with Crippen molar-refractivity contribution in [3.63, 3.8) is 0 Å². The molecule has 56 heavy (non-hydrogen) atoms. The van der Waals surface area contributed by atoms with Crippen LogP contribution in [-0.2, 0) is 5.41 Å². The highest BCUT2D eigenvalue weighted by molar-refractivity contribution is 6.04. The Morgan fingerprint density at radius 1 is 0.339 bits per heavy atom. The zero-order chi connectivity index (χ0) is 37.6. The van der Waals surface area contributed by atoms with Crippen LogP contribution in [0.4, 0.5) is 17.1 Å². The molecule has 0 atom stereocenters. The zero-order valence-electron chi connectivity index (χ0n) is 31.7. The second kappa shape index (κ2) is 13.7. The minimum Gasteiger partial charge on any atom is -0.310 e. The van der Waals surface area contributed by atoms with E-state index in [1.807, 2.05) is 0 Å². The summed E-state index contributed by atoms with van der Waals surface area (Å²) in [6.07, 6.45) is 0. The molecule has 1 aliphatic rings. The fourth-order valence-corrected chi connectivity index (χ4v) is 8.95. The van der Waals surface area contributed by atoms with Gasteiger partial charge in [-0.25, -0.2) is 0 Å². The predicted molar refractivity (Wildman–Crippen MR) is 238 cm³/mol. The number of fused-ring (bicyclic) bond motifs is 4. The van der Waals surface area contributed by atoms with Gasteiger partial charge >= 0.3 is 0 Å². The largest absolute Gasteiger partial charge is 0.310 e. The first-order valence-electron chi connectivity index (χ1n) is 19.5. The van der Waals surface area contributed by atoms with Crippen LogP contribution in [0.2, 0.25) is 0 Å². The first kappa shape index (κ1) is 33.6. The highest BCUT2D eigenvalue weighted by Gasteiger charge is 2.37. The molecule has 9 aromatic rings. The summed E-state index contributed by atoms with van der Waals surface area (Å²) in [5.74, 6) is 0. The van der Waals surface area contributed by atoms with Crippen molar-refractivity contribution in [3.05, 3.63) is 223 Å². The standard InChI is InChI=1S/C55H41N/c1-55(2)50-27-16-26-47(39-19-8-4-9-20-39)54(50)49-36-34-44(37-51(49)55)56(52-28-15-14-24-45(52)38-17-6-3-7-18-38)43-32-29-41(30-33-43)48-35-31-40-21-12-13-25-46(40)53(48)42-22-10-5-11-23-42/h3-37H,1-2H3. The van der Waals surface area contributed by atoms with Crippen molar-refractivity contribution < 1.29 is 0 Å². The highest BCUT2D eigenvalue weighted by atomic mass is 15.1. The summed E-state index contributed by atoms with van der Waals surface area (Å²) in [4.78, 5) is 2.45.